The molecule has 3 atom stereocenters. The quantitative estimate of drug-likeness (QED) is 0.429. The number of halogens is 2. The van der Waals surface area contributed by atoms with E-state index in [1.54, 1.807) is 0 Å². The van der Waals surface area contributed by atoms with Crippen LogP contribution < -0.4 is 0 Å². The molecule has 0 fully saturated rings. The maximum Gasteiger partial charge on any atom is 0.106 e. The van der Waals surface area contributed by atoms with E-state index in [2.05, 4.69) is 23.1 Å². The Morgan fingerprint density at radius 3 is 2.29 bits per heavy atom. The fourth-order valence-electron chi connectivity index (χ4n) is 1.52. The van der Waals surface area contributed by atoms with Gasteiger partial charge in [0, 0.05) is 5.66 Å². The zero-order valence-electron chi connectivity index (χ0n) is 9.31. The molecule has 0 aliphatic rings. The van der Waals surface area contributed by atoms with Crippen LogP contribution in [-0.2, 0) is 0 Å². The fraction of sp³-hybridized carbons (Fsp3) is 1.00. The Kier molecular flexibility index (Phi) is 8.76. The van der Waals surface area contributed by atoms with Gasteiger partial charge in [0.05, 0.1) is 6.67 Å². The van der Waals surface area contributed by atoms with E-state index in [0.29, 0.717) is 18.8 Å². The lowest BCUT2D eigenvalue weighted by atomic mass is 10.0. The van der Waals surface area contributed by atoms with Gasteiger partial charge in [0.1, 0.15) is 6.17 Å². The van der Waals surface area contributed by atoms with E-state index >= 15 is 0 Å². The van der Waals surface area contributed by atoms with Crippen molar-refractivity contribution in [2.45, 2.75) is 57.8 Å². The first-order valence-corrected chi connectivity index (χ1v) is 6.20. The Balaban J connectivity index is 3.46. The summed E-state index contributed by atoms with van der Waals surface area (Å²) in [6, 6.07) is 0. The smallest absolute Gasteiger partial charge is 0.106 e. The molecule has 0 aliphatic heterocycles. The topological polar surface area (TPSA) is 0 Å². The molecule has 14 heavy (non-hydrogen) atoms. The Morgan fingerprint density at radius 1 is 1.14 bits per heavy atom. The summed E-state index contributed by atoms with van der Waals surface area (Å²) in [5.74, 6) is 0.543. The first-order chi connectivity index (χ1) is 6.57. The van der Waals surface area contributed by atoms with Crippen molar-refractivity contribution in [1.29, 1.82) is 0 Å². The molecule has 0 amide bonds. The minimum absolute atomic E-state index is 0.0698. The van der Waals surface area contributed by atoms with Gasteiger partial charge < -0.3 is 0 Å². The van der Waals surface area contributed by atoms with Crippen LogP contribution in [-0.4, -0.2) is 18.5 Å². The van der Waals surface area contributed by atoms with Crippen LogP contribution in [0.25, 0.3) is 0 Å². The van der Waals surface area contributed by atoms with Crippen molar-refractivity contribution in [2.24, 2.45) is 5.92 Å². The van der Waals surface area contributed by atoms with Crippen molar-refractivity contribution in [3.63, 3.8) is 0 Å². The van der Waals surface area contributed by atoms with Crippen LogP contribution in [0.4, 0.5) is 8.78 Å². The van der Waals surface area contributed by atoms with Gasteiger partial charge in [0.15, 0.2) is 0 Å². The SMILES string of the molecule is CC(C)CC(P)C(F)CCCCCF. The first-order valence-electron chi connectivity index (χ1n) is 5.53. The first kappa shape index (κ1) is 14.3. The molecule has 0 heterocycles. The lowest BCUT2D eigenvalue weighted by Crippen LogP contribution is -2.17. The zero-order chi connectivity index (χ0) is 11.0. The molecular weight excluding hydrogens is 201 g/mol. The Hall–Kier alpha value is 0.290. The van der Waals surface area contributed by atoms with Gasteiger partial charge in [-0.05, 0) is 25.2 Å². The Labute approximate surface area is 89.0 Å². The monoisotopic (exact) mass is 224 g/mol. The standard InChI is InChI=1S/C11H23F2P/c1-9(2)8-11(14)10(13)6-4-3-5-7-12/h9-11H,3-8,14H2,1-2H3. The summed E-state index contributed by atoms with van der Waals surface area (Å²) in [4.78, 5) is 0. The van der Waals surface area contributed by atoms with Crippen LogP contribution >= 0.6 is 9.24 Å². The van der Waals surface area contributed by atoms with Crippen molar-refractivity contribution < 1.29 is 8.78 Å². The van der Waals surface area contributed by atoms with E-state index in [9.17, 15) is 8.78 Å². The van der Waals surface area contributed by atoms with Crippen LogP contribution in [0.1, 0.15) is 46.0 Å². The molecular formula is C11H23F2P. The summed E-state index contributed by atoms with van der Waals surface area (Å²) >= 11 is 0. The van der Waals surface area contributed by atoms with Gasteiger partial charge in [-0.3, -0.25) is 4.39 Å². The average Bonchev–Trinajstić information content (AvgIpc) is 2.11. The van der Waals surface area contributed by atoms with E-state index in [0.717, 1.165) is 19.3 Å². The van der Waals surface area contributed by atoms with E-state index in [1.807, 2.05) is 0 Å². The second-order valence-corrected chi connectivity index (χ2v) is 5.20. The summed E-state index contributed by atoms with van der Waals surface area (Å²) in [6.45, 7) is 3.94. The summed E-state index contributed by atoms with van der Waals surface area (Å²) in [7, 11) is 2.59. The van der Waals surface area contributed by atoms with Crippen molar-refractivity contribution in [3.05, 3.63) is 0 Å². The van der Waals surface area contributed by atoms with Crippen molar-refractivity contribution in [2.75, 3.05) is 6.67 Å². The van der Waals surface area contributed by atoms with Crippen LogP contribution in [0.3, 0.4) is 0 Å². The highest BCUT2D eigenvalue weighted by Crippen LogP contribution is 2.22. The molecule has 0 radical (unpaired) electrons. The number of alkyl halides is 2. The van der Waals surface area contributed by atoms with Gasteiger partial charge in [-0.25, -0.2) is 4.39 Å². The van der Waals surface area contributed by atoms with E-state index < -0.39 is 6.17 Å². The third-order valence-corrected chi connectivity index (χ3v) is 3.01. The van der Waals surface area contributed by atoms with Gasteiger partial charge in [0.2, 0.25) is 0 Å². The molecule has 3 unspecified atom stereocenters. The molecule has 0 spiro atoms. The molecule has 0 aliphatic carbocycles. The second-order valence-electron chi connectivity index (χ2n) is 4.35. The minimum atomic E-state index is -0.734. The van der Waals surface area contributed by atoms with E-state index in [1.165, 1.54) is 0 Å². The third-order valence-electron chi connectivity index (χ3n) is 2.32. The minimum Gasteiger partial charge on any atom is -0.251 e. The number of hydrogen-bond donors (Lipinski definition) is 0. The summed E-state index contributed by atoms with van der Waals surface area (Å²) in [5.41, 5.74) is 0.0698. The predicted molar refractivity (Wildman–Crippen MR) is 62.3 cm³/mol. The lowest BCUT2D eigenvalue weighted by molar-refractivity contribution is 0.278. The molecule has 86 valence electrons. The number of hydrogen-bond acceptors (Lipinski definition) is 0. The van der Waals surface area contributed by atoms with Crippen LogP contribution in [0, 0.1) is 5.92 Å². The molecule has 0 saturated heterocycles. The highest BCUT2D eigenvalue weighted by Gasteiger charge is 2.16. The maximum atomic E-state index is 13.5. The summed E-state index contributed by atoms with van der Waals surface area (Å²) < 4.78 is 25.2. The highest BCUT2D eigenvalue weighted by atomic mass is 31.0. The molecule has 0 saturated carbocycles. The van der Waals surface area contributed by atoms with E-state index in [4.69, 9.17) is 0 Å². The van der Waals surface area contributed by atoms with Crippen LogP contribution in [0.5, 0.6) is 0 Å². The zero-order valence-corrected chi connectivity index (χ0v) is 10.5. The molecule has 0 aromatic carbocycles. The van der Waals surface area contributed by atoms with Gasteiger partial charge in [-0.1, -0.05) is 26.7 Å². The summed E-state index contributed by atoms with van der Waals surface area (Å²) in [6.07, 6.45) is 2.97. The van der Waals surface area contributed by atoms with Crippen molar-refractivity contribution >= 4 is 9.24 Å². The third kappa shape index (κ3) is 7.67. The molecule has 0 aromatic rings. The molecule has 3 heteroatoms. The van der Waals surface area contributed by atoms with Crippen LogP contribution in [0.2, 0.25) is 0 Å². The van der Waals surface area contributed by atoms with Gasteiger partial charge in [0.25, 0.3) is 0 Å². The highest BCUT2D eigenvalue weighted by molar-refractivity contribution is 7.17. The maximum absolute atomic E-state index is 13.5. The molecule has 0 aromatic heterocycles. The fourth-order valence-corrected chi connectivity index (χ4v) is 2.25. The molecule has 0 rings (SSSR count). The van der Waals surface area contributed by atoms with Crippen molar-refractivity contribution in [1.82, 2.24) is 0 Å². The lowest BCUT2D eigenvalue weighted by Gasteiger charge is -2.18. The average molecular weight is 224 g/mol. The van der Waals surface area contributed by atoms with Gasteiger partial charge in [-0.2, -0.15) is 0 Å². The van der Waals surface area contributed by atoms with Crippen molar-refractivity contribution in [3.8, 4) is 0 Å². The summed E-state index contributed by atoms with van der Waals surface area (Å²) in [5, 5.41) is 0. The Bertz CT molecular complexity index is 128. The number of unbranched alkanes of at least 4 members (excludes halogenated alkanes) is 2. The predicted octanol–water partition coefficient (Wildman–Crippen LogP) is 4.14. The van der Waals surface area contributed by atoms with Gasteiger partial charge in [-0.15, -0.1) is 9.24 Å². The van der Waals surface area contributed by atoms with Crippen LogP contribution in [0.15, 0.2) is 0 Å². The largest absolute Gasteiger partial charge is 0.251 e. The second kappa shape index (κ2) is 8.59. The molecule has 0 nitrogen and oxygen atoms in total. The number of rotatable bonds is 8. The molecule has 0 N–H and O–H groups in total. The normalized spacial score (nSPS) is 15.9. The van der Waals surface area contributed by atoms with E-state index in [-0.39, 0.29) is 12.3 Å². The molecule has 0 bridgehead atoms. The Morgan fingerprint density at radius 2 is 1.79 bits per heavy atom. The van der Waals surface area contributed by atoms with Gasteiger partial charge >= 0.3 is 0 Å².